The molecule has 0 aromatic carbocycles. The van der Waals surface area contributed by atoms with E-state index in [1.807, 2.05) is 20.8 Å². The standard InChI is InChI=1S/C15H25N5O4/c1-4-5-9(19-15(16)17)18-12(21)8(6-7(2)3)20-13(22)10-11(24-10)14(20)23/h7-11H,4-6H2,1-3H3,(H,18,21)(H4,16,17,19)/t8-,9?,10?,11?/m0/s1. The molecule has 0 radical (unpaired) electrons. The van der Waals surface area contributed by atoms with Crippen molar-refractivity contribution in [2.24, 2.45) is 22.4 Å². The monoisotopic (exact) mass is 339 g/mol. The third-order valence-corrected chi connectivity index (χ3v) is 3.94. The second kappa shape index (κ2) is 7.16. The third kappa shape index (κ3) is 3.84. The van der Waals surface area contributed by atoms with Crippen molar-refractivity contribution in [3.63, 3.8) is 0 Å². The molecule has 0 aromatic rings. The Morgan fingerprint density at radius 1 is 1.29 bits per heavy atom. The SMILES string of the molecule is CCCC(N=C(N)N)NC(=O)[C@H](CC(C)C)N1C(=O)C2OC2C1=O. The van der Waals surface area contributed by atoms with E-state index in [4.69, 9.17) is 16.2 Å². The second-order valence-electron chi connectivity index (χ2n) is 6.54. The van der Waals surface area contributed by atoms with Gasteiger partial charge in [-0.25, -0.2) is 4.99 Å². The number of hydrogen-bond donors (Lipinski definition) is 3. The van der Waals surface area contributed by atoms with Gasteiger partial charge in [-0.05, 0) is 18.8 Å². The Labute approximate surface area is 140 Å². The number of likely N-dealkylation sites (tertiary alicyclic amines) is 1. The lowest BCUT2D eigenvalue weighted by Gasteiger charge is -2.29. The number of guanidine groups is 1. The highest BCUT2D eigenvalue weighted by atomic mass is 16.6. The summed E-state index contributed by atoms with van der Waals surface area (Å²) in [5, 5.41) is 2.73. The molecule has 2 aliphatic rings. The number of aliphatic imine (C=N–C) groups is 1. The summed E-state index contributed by atoms with van der Waals surface area (Å²) in [4.78, 5) is 42.1. The maximum absolute atomic E-state index is 12.7. The number of imide groups is 1. The van der Waals surface area contributed by atoms with Gasteiger partial charge in [0.05, 0.1) is 0 Å². The number of nitrogens with one attached hydrogen (secondary N) is 1. The van der Waals surface area contributed by atoms with E-state index in [2.05, 4.69) is 10.3 Å². The van der Waals surface area contributed by atoms with E-state index in [1.54, 1.807) is 0 Å². The van der Waals surface area contributed by atoms with E-state index in [0.717, 1.165) is 11.3 Å². The van der Waals surface area contributed by atoms with Crippen molar-refractivity contribution in [3.8, 4) is 0 Å². The van der Waals surface area contributed by atoms with Gasteiger partial charge in [-0.15, -0.1) is 0 Å². The molecule has 0 aliphatic carbocycles. The molecule has 0 saturated carbocycles. The summed E-state index contributed by atoms with van der Waals surface area (Å²) in [5.41, 5.74) is 10.8. The van der Waals surface area contributed by atoms with Gasteiger partial charge in [-0.3, -0.25) is 19.3 Å². The Bertz CT molecular complexity index is 538. The van der Waals surface area contributed by atoms with Gasteiger partial charge in [0.25, 0.3) is 11.8 Å². The first-order valence-corrected chi connectivity index (χ1v) is 8.17. The summed E-state index contributed by atoms with van der Waals surface area (Å²) in [6.07, 6.45) is -0.345. The lowest BCUT2D eigenvalue weighted by Crippen LogP contribution is -2.53. The molecule has 2 fully saturated rings. The predicted octanol–water partition coefficient (Wildman–Crippen LogP) is -0.947. The fraction of sp³-hybridized carbons (Fsp3) is 0.733. The Morgan fingerprint density at radius 2 is 1.88 bits per heavy atom. The summed E-state index contributed by atoms with van der Waals surface area (Å²) in [6, 6.07) is -0.880. The van der Waals surface area contributed by atoms with Crippen molar-refractivity contribution in [2.75, 3.05) is 0 Å². The molecule has 3 unspecified atom stereocenters. The normalized spacial score (nSPS) is 24.6. The zero-order valence-corrected chi connectivity index (χ0v) is 14.2. The van der Waals surface area contributed by atoms with E-state index >= 15 is 0 Å². The van der Waals surface area contributed by atoms with Crippen LogP contribution in [0.3, 0.4) is 0 Å². The molecule has 2 saturated heterocycles. The van der Waals surface area contributed by atoms with Crippen LogP contribution < -0.4 is 16.8 Å². The number of hydrogen-bond acceptors (Lipinski definition) is 5. The van der Waals surface area contributed by atoms with E-state index in [9.17, 15) is 14.4 Å². The van der Waals surface area contributed by atoms with Gasteiger partial charge in [0, 0.05) is 0 Å². The number of rotatable bonds is 8. The second-order valence-corrected chi connectivity index (χ2v) is 6.54. The molecule has 3 amide bonds. The van der Waals surface area contributed by atoms with Crippen molar-refractivity contribution in [1.29, 1.82) is 0 Å². The molecule has 9 heteroatoms. The number of nitrogens with zero attached hydrogens (tertiary/aromatic N) is 2. The van der Waals surface area contributed by atoms with Gasteiger partial charge >= 0.3 is 0 Å². The molecule has 0 bridgehead atoms. The number of ether oxygens (including phenoxy) is 1. The maximum Gasteiger partial charge on any atom is 0.262 e. The van der Waals surface area contributed by atoms with Crippen molar-refractivity contribution in [3.05, 3.63) is 0 Å². The number of nitrogens with two attached hydrogens (primary N) is 2. The lowest BCUT2D eigenvalue weighted by atomic mass is 10.0. The lowest BCUT2D eigenvalue weighted by molar-refractivity contribution is -0.152. The first-order chi connectivity index (χ1) is 11.3. The van der Waals surface area contributed by atoms with Crippen molar-refractivity contribution in [2.45, 2.75) is 64.4 Å². The largest absolute Gasteiger partial charge is 0.370 e. The highest BCUT2D eigenvalue weighted by molar-refractivity contribution is 6.13. The molecule has 24 heavy (non-hydrogen) atoms. The Hall–Kier alpha value is -2.16. The molecule has 2 aliphatic heterocycles. The fourth-order valence-electron chi connectivity index (χ4n) is 2.84. The summed E-state index contributed by atoms with van der Waals surface area (Å²) < 4.78 is 4.99. The predicted molar refractivity (Wildman–Crippen MR) is 86.4 cm³/mol. The minimum Gasteiger partial charge on any atom is -0.370 e. The van der Waals surface area contributed by atoms with Crippen LogP contribution in [0.5, 0.6) is 0 Å². The zero-order valence-electron chi connectivity index (χ0n) is 14.2. The van der Waals surface area contributed by atoms with Gasteiger partial charge in [-0.2, -0.15) is 0 Å². The first-order valence-electron chi connectivity index (χ1n) is 8.17. The summed E-state index contributed by atoms with van der Waals surface area (Å²) in [6.45, 7) is 5.77. The number of amides is 3. The minimum absolute atomic E-state index is 0.117. The molecule has 5 N–H and O–H groups in total. The highest BCUT2D eigenvalue weighted by Crippen LogP contribution is 2.35. The van der Waals surface area contributed by atoms with Crippen LogP contribution in [0.25, 0.3) is 0 Å². The molecule has 2 rings (SSSR count). The first kappa shape index (κ1) is 18.2. The molecular weight excluding hydrogens is 314 g/mol. The van der Waals surface area contributed by atoms with Crippen LogP contribution in [0, 0.1) is 5.92 Å². The number of carbonyl (C=O) groups excluding carboxylic acids is 3. The Morgan fingerprint density at radius 3 is 2.33 bits per heavy atom. The average Bonchev–Trinajstić information content (AvgIpc) is 3.21. The molecule has 0 spiro atoms. The quantitative estimate of drug-likeness (QED) is 0.225. The molecular formula is C15H25N5O4. The van der Waals surface area contributed by atoms with Gasteiger partial charge in [-0.1, -0.05) is 27.2 Å². The van der Waals surface area contributed by atoms with Crippen LogP contribution in [0.2, 0.25) is 0 Å². The minimum atomic E-state index is -0.880. The summed E-state index contributed by atoms with van der Waals surface area (Å²) >= 11 is 0. The number of epoxide rings is 1. The fourth-order valence-corrected chi connectivity index (χ4v) is 2.84. The van der Waals surface area contributed by atoms with E-state index in [0.29, 0.717) is 12.8 Å². The van der Waals surface area contributed by atoms with Crippen LogP contribution in [0.4, 0.5) is 0 Å². The van der Waals surface area contributed by atoms with E-state index < -0.39 is 42.1 Å². The van der Waals surface area contributed by atoms with Crippen molar-refractivity contribution >= 4 is 23.7 Å². The Balaban J connectivity index is 2.15. The van der Waals surface area contributed by atoms with Gasteiger partial charge in [0.15, 0.2) is 18.2 Å². The zero-order chi connectivity index (χ0) is 18.0. The highest BCUT2D eigenvalue weighted by Gasteiger charge is 2.63. The summed E-state index contributed by atoms with van der Waals surface area (Å²) in [7, 11) is 0. The Kier molecular flexibility index (Phi) is 5.43. The number of carbonyl (C=O) groups is 3. The van der Waals surface area contributed by atoms with Crippen LogP contribution in [-0.4, -0.2) is 53.0 Å². The molecule has 2 heterocycles. The molecule has 0 aromatic heterocycles. The average molecular weight is 339 g/mol. The van der Waals surface area contributed by atoms with E-state index in [-0.39, 0.29) is 11.9 Å². The molecule has 4 atom stereocenters. The van der Waals surface area contributed by atoms with Gasteiger partial charge in [0.1, 0.15) is 12.2 Å². The van der Waals surface area contributed by atoms with Crippen molar-refractivity contribution < 1.29 is 19.1 Å². The van der Waals surface area contributed by atoms with Gasteiger partial charge < -0.3 is 21.5 Å². The van der Waals surface area contributed by atoms with Crippen molar-refractivity contribution in [1.82, 2.24) is 10.2 Å². The van der Waals surface area contributed by atoms with Crippen LogP contribution in [0.15, 0.2) is 4.99 Å². The number of fused-ring (bicyclic) bond motifs is 1. The smallest absolute Gasteiger partial charge is 0.262 e. The van der Waals surface area contributed by atoms with Gasteiger partial charge in [0.2, 0.25) is 5.91 Å². The van der Waals surface area contributed by atoms with Crippen LogP contribution in [-0.2, 0) is 19.1 Å². The number of morpholine rings is 1. The van der Waals surface area contributed by atoms with E-state index in [1.165, 1.54) is 0 Å². The maximum atomic E-state index is 12.7. The third-order valence-electron chi connectivity index (χ3n) is 3.94. The summed E-state index contributed by atoms with van der Waals surface area (Å²) in [5.74, 6) is -1.33. The topological polar surface area (TPSA) is 143 Å². The van der Waals surface area contributed by atoms with Crippen LogP contribution in [0.1, 0.15) is 40.0 Å². The molecule has 134 valence electrons. The van der Waals surface area contributed by atoms with Crippen LogP contribution >= 0.6 is 0 Å². The molecule has 9 nitrogen and oxygen atoms in total.